The van der Waals surface area contributed by atoms with E-state index in [1.54, 1.807) is 0 Å². The fraction of sp³-hybridized carbons (Fsp3) is 0.667. The quantitative estimate of drug-likeness (QED) is 0.491. The van der Waals surface area contributed by atoms with Gasteiger partial charge < -0.3 is 14.4 Å². The van der Waals surface area contributed by atoms with Gasteiger partial charge in [-0.15, -0.1) is 11.6 Å². The summed E-state index contributed by atoms with van der Waals surface area (Å²) >= 11 is 6.02. The Morgan fingerprint density at radius 2 is 1.75 bits per heavy atom. The van der Waals surface area contributed by atoms with Crippen molar-refractivity contribution in [2.45, 2.75) is 26.7 Å². The molecule has 0 saturated carbocycles. The number of alkyl halides is 1. The monoisotopic (exact) mass is 300 g/mol. The van der Waals surface area contributed by atoms with Gasteiger partial charge in [0.1, 0.15) is 0 Å². The molecule has 0 fully saturated rings. The SMILES string of the molecule is CCOCCN(CCOCC)c1cc(C)ncc1CCl. The van der Waals surface area contributed by atoms with Crippen molar-refractivity contribution in [3.8, 4) is 0 Å². The van der Waals surface area contributed by atoms with Gasteiger partial charge in [0.05, 0.1) is 19.1 Å². The molecule has 0 amide bonds. The van der Waals surface area contributed by atoms with Gasteiger partial charge in [0.15, 0.2) is 0 Å². The molecule has 0 N–H and O–H groups in total. The molecule has 0 aromatic carbocycles. The Labute approximate surface area is 127 Å². The maximum Gasteiger partial charge on any atom is 0.0641 e. The number of ether oxygens (including phenoxy) is 2. The van der Waals surface area contributed by atoms with Crippen LogP contribution in [0.4, 0.5) is 5.69 Å². The minimum Gasteiger partial charge on any atom is -0.380 e. The fourth-order valence-electron chi connectivity index (χ4n) is 1.96. The van der Waals surface area contributed by atoms with E-state index in [4.69, 9.17) is 21.1 Å². The van der Waals surface area contributed by atoms with Crippen molar-refractivity contribution < 1.29 is 9.47 Å². The maximum atomic E-state index is 6.02. The molecule has 4 nitrogen and oxygen atoms in total. The highest BCUT2D eigenvalue weighted by molar-refractivity contribution is 6.17. The number of hydrogen-bond acceptors (Lipinski definition) is 4. The average molecular weight is 301 g/mol. The molecule has 5 heteroatoms. The van der Waals surface area contributed by atoms with Crippen LogP contribution in [0.25, 0.3) is 0 Å². The van der Waals surface area contributed by atoms with Crippen LogP contribution in [0, 0.1) is 6.92 Å². The number of rotatable bonds is 10. The van der Waals surface area contributed by atoms with Crippen molar-refractivity contribution in [1.29, 1.82) is 0 Å². The highest BCUT2D eigenvalue weighted by Crippen LogP contribution is 2.22. The highest BCUT2D eigenvalue weighted by atomic mass is 35.5. The molecule has 20 heavy (non-hydrogen) atoms. The van der Waals surface area contributed by atoms with Gasteiger partial charge in [-0.2, -0.15) is 0 Å². The summed E-state index contributed by atoms with van der Waals surface area (Å²) in [5.41, 5.74) is 3.17. The van der Waals surface area contributed by atoms with Gasteiger partial charge in [-0.1, -0.05) is 0 Å². The topological polar surface area (TPSA) is 34.6 Å². The fourth-order valence-corrected chi connectivity index (χ4v) is 2.17. The van der Waals surface area contributed by atoms with Gasteiger partial charge in [-0.05, 0) is 26.8 Å². The number of anilines is 1. The number of aryl methyl sites for hydroxylation is 1. The van der Waals surface area contributed by atoms with Crippen molar-refractivity contribution in [3.63, 3.8) is 0 Å². The molecule has 0 atom stereocenters. The predicted molar refractivity (Wildman–Crippen MR) is 83.7 cm³/mol. The molecule has 0 bridgehead atoms. The Hall–Kier alpha value is -0.840. The second kappa shape index (κ2) is 9.97. The third kappa shape index (κ3) is 5.65. The number of pyridine rings is 1. The Morgan fingerprint density at radius 1 is 1.15 bits per heavy atom. The maximum absolute atomic E-state index is 6.02. The second-order valence-corrected chi connectivity index (χ2v) is 4.74. The van der Waals surface area contributed by atoms with Crippen LogP contribution in [0.3, 0.4) is 0 Å². The Bertz CT molecular complexity index is 378. The van der Waals surface area contributed by atoms with Crippen LogP contribution in [0.15, 0.2) is 12.3 Å². The van der Waals surface area contributed by atoms with Gasteiger partial charge >= 0.3 is 0 Å². The van der Waals surface area contributed by atoms with E-state index in [1.165, 1.54) is 0 Å². The molecule has 0 aliphatic carbocycles. The van der Waals surface area contributed by atoms with Crippen LogP contribution >= 0.6 is 11.6 Å². The summed E-state index contributed by atoms with van der Waals surface area (Å²) in [5, 5.41) is 0. The lowest BCUT2D eigenvalue weighted by Gasteiger charge is -2.26. The van der Waals surface area contributed by atoms with Gasteiger partial charge in [0.25, 0.3) is 0 Å². The molecule has 1 aromatic rings. The first-order valence-corrected chi connectivity index (χ1v) is 7.68. The molecule has 0 spiro atoms. The van der Waals surface area contributed by atoms with Crippen molar-refractivity contribution in [3.05, 3.63) is 23.5 Å². The predicted octanol–water partition coefficient (Wildman–Crippen LogP) is 3.01. The smallest absolute Gasteiger partial charge is 0.0641 e. The van der Waals surface area contributed by atoms with E-state index in [2.05, 4.69) is 16.0 Å². The zero-order valence-corrected chi connectivity index (χ0v) is 13.4. The normalized spacial score (nSPS) is 10.8. The number of aromatic nitrogens is 1. The summed E-state index contributed by atoms with van der Waals surface area (Å²) in [5.74, 6) is 0.461. The lowest BCUT2D eigenvalue weighted by Crippen LogP contribution is -2.32. The summed E-state index contributed by atoms with van der Waals surface area (Å²) < 4.78 is 10.9. The summed E-state index contributed by atoms with van der Waals surface area (Å²) in [4.78, 5) is 6.57. The molecule has 1 rings (SSSR count). The first kappa shape index (κ1) is 17.2. The molecular weight excluding hydrogens is 276 g/mol. The van der Waals surface area contributed by atoms with Gasteiger partial charge in [-0.25, -0.2) is 0 Å². The molecule has 0 aliphatic heterocycles. The largest absolute Gasteiger partial charge is 0.380 e. The van der Waals surface area contributed by atoms with Crippen molar-refractivity contribution in [2.75, 3.05) is 44.4 Å². The van der Waals surface area contributed by atoms with E-state index >= 15 is 0 Å². The van der Waals surface area contributed by atoms with Crippen LogP contribution in [-0.4, -0.2) is 44.5 Å². The molecule has 0 radical (unpaired) electrons. The van der Waals surface area contributed by atoms with Gasteiger partial charge in [0.2, 0.25) is 0 Å². The third-order valence-corrected chi connectivity index (χ3v) is 3.29. The first-order chi connectivity index (χ1) is 9.72. The number of nitrogens with zero attached hydrogens (tertiary/aromatic N) is 2. The van der Waals surface area contributed by atoms with Crippen LogP contribution < -0.4 is 4.90 Å². The molecule has 1 aromatic heterocycles. The third-order valence-electron chi connectivity index (χ3n) is 3.00. The zero-order chi connectivity index (χ0) is 14.8. The van der Waals surface area contributed by atoms with E-state index in [0.717, 1.165) is 43.2 Å². The van der Waals surface area contributed by atoms with Crippen LogP contribution in [0.2, 0.25) is 0 Å². The minimum absolute atomic E-state index is 0.461. The zero-order valence-electron chi connectivity index (χ0n) is 12.7. The Morgan fingerprint density at radius 3 is 2.25 bits per heavy atom. The summed E-state index contributed by atoms with van der Waals surface area (Å²) in [6.45, 7) is 10.5. The molecule has 0 aliphatic rings. The van der Waals surface area contributed by atoms with E-state index in [-0.39, 0.29) is 0 Å². The second-order valence-electron chi connectivity index (χ2n) is 4.47. The molecular formula is C15H25ClN2O2. The minimum atomic E-state index is 0.461. The van der Waals surface area contributed by atoms with Crippen LogP contribution in [-0.2, 0) is 15.4 Å². The summed E-state index contributed by atoms with van der Waals surface area (Å²) in [7, 11) is 0. The average Bonchev–Trinajstić information content (AvgIpc) is 2.46. The highest BCUT2D eigenvalue weighted by Gasteiger charge is 2.12. The van der Waals surface area contributed by atoms with E-state index in [0.29, 0.717) is 19.1 Å². The van der Waals surface area contributed by atoms with Gasteiger partial charge in [-0.3, -0.25) is 4.98 Å². The number of hydrogen-bond donors (Lipinski definition) is 0. The molecule has 114 valence electrons. The van der Waals surface area contributed by atoms with Crippen LogP contribution in [0.1, 0.15) is 25.1 Å². The molecule has 0 saturated heterocycles. The molecule has 1 heterocycles. The lowest BCUT2D eigenvalue weighted by molar-refractivity contribution is 0.141. The van der Waals surface area contributed by atoms with Crippen molar-refractivity contribution in [2.24, 2.45) is 0 Å². The van der Waals surface area contributed by atoms with E-state index < -0.39 is 0 Å². The van der Waals surface area contributed by atoms with E-state index in [1.807, 2.05) is 27.0 Å². The lowest BCUT2D eigenvalue weighted by atomic mass is 10.2. The first-order valence-electron chi connectivity index (χ1n) is 7.14. The van der Waals surface area contributed by atoms with Gasteiger partial charge in [0, 0.05) is 49.4 Å². The van der Waals surface area contributed by atoms with Crippen molar-refractivity contribution >= 4 is 17.3 Å². The Balaban J connectivity index is 2.80. The summed E-state index contributed by atoms with van der Waals surface area (Å²) in [6.07, 6.45) is 1.85. The van der Waals surface area contributed by atoms with Crippen LogP contribution in [0.5, 0.6) is 0 Å². The standard InChI is InChI=1S/C15H25ClN2O2/c1-4-19-8-6-18(7-9-20-5-2)15-10-13(3)17-12-14(15)11-16/h10,12H,4-9,11H2,1-3H3. The van der Waals surface area contributed by atoms with Crippen molar-refractivity contribution in [1.82, 2.24) is 4.98 Å². The van der Waals surface area contributed by atoms with E-state index in [9.17, 15) is 0 Å². The number of halogens is 1. The molecule has 0 unspecified atom stereocenters. The Kier molecular flexibility index (Phi) is 8.58. The summed E-state index contributed by atoms with van der Waals surface area (Å²) in [6, 6.07) is 2.08.